The largest absolute Gasteiger partial charge is 0.330 e. The fraction of sp³-hybridized carbons (Fsp3) is 0.357. The predicted molar refractivity (Wildman–Crippen MR) is 69.9 cm³/mol. The number of hydrogen-bond donors (Lipinski definition) is 1. The van der Waals surface area contributed by atoms with Gasteiger partial charge in [0.25, 0.3) is 0 Å². The first-order valence-electron chi connectivity index (χ1n) is 6.19. The summed E-state index contributed by atoms with van der Waals surface area (Å²) >= 11 is 0. The van der Waals surface area contributed by atoms with E-state index in [2.05, 4.69) is 5.10 Å². The molecule has 5 heteroatoms. The molecule has 1 aromatic carbocycles. The monoisotopic (exact) mass is 265 g/mol. The second-order valence-electron chi connectivity index (χ2n) is 4.58. The van der Waals surface area contributed by atoms with Crippen molar-refractivity contribution in [3.05, 3.63) is 52.3 Å². The van der Waals surface area contributed by atoms with Crippen molar-refractivity contribution in [3.63, 3.8) is 0 Å². The van der Waals surface area contributed by atoms with Crippen LogP contribution in [-0.4, -0.2) is 16.3 Å². The summed E-state index contributed by atoms with van der Waals surface area (Å²) in [5.74, 6) is -0.866. The number of rotatable bonds is 4. The smallest absolute Gasteiger partial charge is 0.128 e. The Labute approximate surface area is 111 Å². The number of hydrogen-bond acceptors (Lipinski definition) is 2. The van der Waals surface area contributed by atoms with Gasteiger partial charge in [0, 0.05) is 11.3 Å². The van der Waals surface area contributed by atoms with Gasteiger partial charge in [0.1, 0.15) is 11.6 Å². The molecular weight excluding hydrogens is 248 g/mol. The Balaban J connectivity index is 2.33. The van der Waals surface area contributed by atoms with Crippen LogP contribution in [0.5, 0.6) is 0 Å². The van der Waals surface area contributed by atoms with Crippen LogP contribution < -0.4 is 5.73 Å². The highest BCUT2D eigenvalue weighted by Gasteiger charge is 2.12. The Kier molecular flexibility index (Phi) is 3.95. The van der Waals surface area contributed by atoms with Crippen molar-refractivity contribution in [1.29, 1.82) is 0 Å². The van der Waals surface area contributed by atoms with Crippen molar-refractivity contribution >= 4 is 0 Å². The van der Waals surface area contributed by atoms with E-state index in [0.717, 1.165) is 35.5 Å². The molecule has 2 N–H and O–H groups in total. The molecule has 0 fully saturated rings. The van der Waals surface area contributed by atoms with Crippen LogP contribution in [0.2, 0.25) is 0 Å². The number of nitrogens with two attached hydrogens (primary N) is 1. The van der Waals surface area contributed by atoms with Crippen molar-refractivity contribution < 1.29 is 8.78 Å². The first kappa shape index (κ1) is 13.7. The summed E-state index contributed by atoms with van der Waals surface area (Å²) in [6, 6.07) is 3.45. The molecule has 0 spiro atoms. The molecule has 0 aliphatic rings. The van der Waals surface area contributed by atoms with Gasteiger partial charge in [0.15, 0.2) is 0 Å². The highest BCUT2D eigenvalue weighted by molar-refractivity contribution is 5.26. The third kappa shape index (κ3) is 2.81. The first-order valence-corrected chi connectivity index (χ1v) is 6.19. The van der Waals surface area contributed by atoms with E-state index in [9.17, 15) is 8.78 Å². The highest BCUT2D eigenvalue weighted by Crippen LogP contribution is 2.17. The molecule has 0 saturated heterocycles. The van der Waals surface area contributed by atoms with Gasteiger partial charge in [-0.25, -0.2) is 8.78 Å². The third-order valence-electron chi connectivity index (χ3n) is 3.25. The van der Waals surface area contributed by atoms with Gasteiger partial charge in [0.2, 0.25) is 0 Å². The number of benzene rings is 1. The average molecular weight is 265 g/mol. The van der Waals surface area contributed by atoms with E-state index in [1.807, 2.05) is 13.8 Å². The summed E-state index contributed by atoms with van der Waals surface area (Å²) in [5, 5.41) is 4.37. The molecule has 0 atom stereocenters. The number of aromatic nitrogens is 2. The minimum Gasteiger partial charge on any atom is -0.330 e. The molecule has 0 saturated carbocycles. The van der Waals surface area contributed by atoms with Crippen molar-refractivity contribution in [2.45, 2.75) is 26.8 Å². The van der Waals surface area contributed by atoms with Crippen molar-refractivity contribution in [3.8, 4) is 0 Å². The van der Waals surface area contributed by atoms with Crippen molar-refractivity contribution in [1.82, 2.24) is 9.78 Å². The summed E-state index contributed by atoms with van der Waals surface area (Å²) in [6.07, 6.45) is 0.739. The number of aryl methyl sites for hydroxylation is 1. The van der Waals surface area contributed by atoms with E-state index < -0.39 is 11.6 Å². The maximum atomic E-state index is 13.6. The Bertz CT molecular complexity index is 591. The van der Waals surface area contributed by atoms with Gasteiger partial charge in [-0.15, -0.1) is 0 Å². The predicted octanol–water partition coefficient (Wildman–Crippen LogP) is 2.33. The summed E-state index contributed by atoms with van der Waals surface area (Å²) in [6.45, 7) is 4.58. The molecular formula is C14H17F2N3. The van der Waals surface area contributed by atoms with Crippen LogP contribution >= 0.6 is 0 Å². The lowest BCUT2D eigenvalue weighted by Crippen LogP contribution is -2.08. The van der Waals surface area contributed by atoms with Gasteiger partial charge in [-0.3, -0.25) is 4.68 Å². The zero-order chi connectivity index (χ0) is 14.0. The Morgan fingerprint density at radius 2 is 2.00 bits per heavy atom. The Hall–Kier alpha value is -1.75. The second-order valence-corrected chi connectivity index (χ2v) is 4.58. The second kappa shape index (κ2) is 5.48. The van der Waals surface area contributed by atoms with Gasteiger partial charge in [-0.2, -0.15) is 5.10 Å². The summed E-state index contributed by atoms with van der Waals surface area (Å²) in [5.41, 5.74) is 8.78. The lowest BCUT2D eigenvalue weighted by molar-refractivity contribution is 0.561. The van der Waals surface area contributed by atoms with Gasteiger partial charge in [0.05, 0.1) is 12.2 Å². The maximum Gasteiger partial charge on any atom is 0.128 e. The lowest BCUT2D eigenvalue weighted by atomic mass is 10.1. The molecule has 1 heterocycles. The quantitative estimate of drug-likeness (QED) is 0.922. The SMILES string of the molecule is Cc1nn(Cc2cc(F)ccc2F)c(C)c1CCN. The van der Waals surface area contributed by atoms with Gasteiger partial charge in [-0.1, -0.05) is 0 Å². The fourth-order valence-corrected chi connectivity index (χ4v) is 2.22. The molecule has 0 radical (unpaired) electrons. The number of nitrogens with zero attached hydrogens (tertiary/aromatic N) is 2. The Morgan fingerprint density at radius 3 is 2.68 bits per heavy atom. The van der Waals surface area contributed by atoms with Crippen molar-refractivity contribution in [2.24, 2.45) is 5.73 Å². The highest BCUT2D eigenvalue weighted by atomic mass is 19.1. The third-order valence-corrected chi connectivity index (χ3v) is 3.25. The molecule has 3 nitrogen and oxygen atoms in total. The minimum atomic E-state index is -0.444. The molecule has 2 aromatic rings. The molecule has 0 aliphatic heterocycles. The van der Waals surface area contributed by atoms with E-state index in [1.54, 1.807) is 4.68 Å². The van der Waals surface area contributed by atoms with Gasteiger partial charge >= 0.3 is 0 Å². The standard InChI is InChI=1S/C14H17F2N3/c1-9-13(5-6-17)10(2)19(18-9)8-11-7-12(15)3-4-14(11)16/h3-4,7H,5-6,8,17H2,1-2H3. The van der Waals surface area contributed by atoms with Crippen LogP contribution in [0.25, 0.3) is 0 Å². The molecule has 19 heavy (non-hydrogen) atoms. The van der Waals surface area contributed by atoms with Crippen LogP contribution in [0.1, 0.15) is 22.5 Å². The van der Waals surface area contributed by atoms with E-state index in [4.69, 9.17) is 5.73 Å². The Morgan fingerprint density at radius 1 is 1.26 bits per heavy atom. The molecule has 0 aliphatic carbocycles. The molecule has 0 bridgehead atoms. The average Bonchev–Trinajstić information content (AvgIpc) is 2.62. The van der Waals surface area contributed by atoms with E-state index in [-0.39, 0.29) is 6.54 Å². The lowest BCUT2D eigenvalue weighted by Gasteiger charge is -2.07. The van der Waals surface area contributed by atoms with Crippen LogP contribution in [0.4, 0.5) is 8.78 Å². The van der Waals surface area contributed by atoms with Crippen LogP contribution in [-0.2, 0) is 13.0 Å². The summed E-state index contributed by atoms with van der Waals surface area (Å²) in [4.78, 5) is 0. The first-order chi connectivity index (χ1) is 9.02. The molecule has 102 valence electrons. The fourth-order valence-electron chi connectivity index (χ4n) is 2.22. The minimum absolute atomic E-state index is 0.223. The van der Waals surface area contributed by atoms with Gasteiger partial charge < -0.3 is 5.73 Å². The van der Waals surface area contributed by atoms with E-state index in [0.29, 0.717) is 12.1 Å². The van der Waals surface area contributed by atoms with Crippen LogP contribution in [0.15, 0.2) is 18.2 Å². The van der Waals surface area contributed by atoms with E-state index in [1.165, 1.54) is 6.07 Å². The zero-order valence-corrected chi connectivity index (χ0v) is 11.1. The van der Waals surface area contributed by atoms with Crippen LogP contribution in [0, 0.1) is 25.5 Å². The summed E-state index contributed by atoms with van der Waals surface area (Å²) < 4.78 is 28.5. The van der Waals surface area contributed by atoms with E-state index >= 15 is 0 Å². The molecule has 0 unspecified atom stereocenters. The van der Waals surface area contributed by atoms with Gasteiger partial charge in [-0.05, 0) is 50.6 Å². The van der Waals surface area contributed by atoms with Crippen molar-refractivity contribution in [2.75, 3.05) is 6.54 Å². The maximum absolute atomic E-state index is 13.6. The molecule has 1 aromatic heterocycles. The number of halogens is 2. The topological polar surface area (TPSA) is 43.8 Å². The molecule has 0 amide bonds. The zero-order valence-electron chi connectivity index (χ0n) is 11.1. The summed E-state index contributed by atoms with van der Waals surface area (Å²) in [7, 11) is 0. The van der Waals surface area contributed by atoms with Crippen LogP contribution in [0.3, 0.4) is 0 Å². The normalized spacial score (nSPS) is 11.0. The molecule has 2 rings (SSSR count).